The van der Waals surface area contributed by atoms with Crippen molar-refractivity contribution in [3.63, 3.8) is 0 Å². The summed E-state index contributed by atoms with van der Waals surface area (Å²) in [6, 6.07) is 7.59. The Kier molecular flexibility index (Phi) is 6.20. The van der Waals surface area contributed by atoms with Gasteiger partial charge in [-0.3, -0.25) is 9.59 Å². The van der Waals surface area contributed by atoms with Crippen molar-refractivity contribution in [2.75, 3.05) is 13.2 Å². The van der Waals surface area contributed by atoms with Crippen LogP contribution in [-0.2, 0) is 19.1 Å². The Morgan fingerprint density at radius 2 is 1.67 bits per heavy atom. The van der Waals surface area contributed by atoms with Crippen LogP contribution < -0.4 is 0 Å². The molecule has 3 heterocycles. The predicted molar refractivity (Wildman–Crippen MR) is 122 cm³/mol. The maximum absolute atomic E-state index is 15.9. The van der Waals surface area contributed by atoms with Crippen molar-refractivity contribution in [2.24, 2.45) is 0 Å². The van der Waals surface area contributed by atoms with Gasteiger partial charge in [-0.1, -0.05) is 29.3 Å². The molecule has 2 aliphatic heterocycles. The summed E-state index contributed by atoms with van der Waals surface area (Å²) in [5.41, 5.74) is 0.737. The third kappa shape index (κ3) is 3.69. The number of hydrogen-bond acceptors (Lipinski definition) is 4. The maximum Gasteiger partial charge on any atom is 0.737 e. The second-order valence-electron chi connectivity index (χ2n) is 7.31. The molecule has 4 rings (SSSR count). The van der Waals surface area contributed by atoms with Crippen LogP contribution in [0, 0.1) is 0 Å². The van der Waals surface area contributed by atoms with Crippen molar-refractivity contribution in [3.8, 4) is 0 Å². The number of benzene rings is 1. The maximum atomic E-state index is 15.9. The zero-order valence-corrected chi connectivity index (χ0v) is 19.2. The topological polar surface area (TPSA) is 60.5 Å². The standard InChI is InChI=1S/C22H19BCl2F2N2O4/c1-3-32-21(30)20(22(31)33-4-2)17-11-10-16-19(18-13(24)7-5-8-14(18)25)15-9-6-12-28(15)23(26,27)29(16)17/h5-12,20H,3-4H2,1-2H3. The number of ether oxygens (including phenoxy) is 2. The summed E-state index contributed by atoms with van der Waals surface area (Å²) in [4.78, 5) is 25.4. The Morgan fingerprint density at radius 1 is 1.06 bits per heavy atom. The Bertz CT molecular complexity index is 1210. The van der Waals surface area contributed by atoms with E-state index >= 15 is 8.63 Å². The molecule has 33 heavy (non-hydrogen) atoms. The molecule has 172 valence electrons. The van der Waals surface area contributed by atoms with Crippen molar-refractivity contribution < 1.29 is 32.2 Å². The monoisotopic (exact) mass is 494 g/mol. The number of rotatable bonds is 6. The lowest BCUT2D eigenvalue weighted by atomic mass is 9.85. The van der Waals surface area contributed by atoms with Gasteiger partial charge < -0.3 is 27.1 Å². The highest BCUT2D eigenvalue weighted by Crippen LogP contribution is 2.45. The Balaban J connectivity index is 2.01. The van der Waals surface area contributed by atoms with Crippen LogP contribution in [0.2, 0.25) is 10.0 Å². The van der Waals surface area contributed by atoms with Gasteiger partial charge in [-0.25, -0.2) is 0 Å². The SMILES string of the molecule is CCOC(=O)C(C(=O)OCC)c1ccc2n1[B-](F)(F)[N+]1=CC=CC1=C2c1c(Cl)cccc1Cl. The fourth-order valence-electron chi connectivity index (χ4n) is 4.16. The summed E-state index contributed by atoms with van der Waals surface area (Å²) in [5.74, 6) is -3.63. The lowest BCUT2D eigenvalue weighted by Gasteiger charge is -2.33. The van der Waals surface area contributed by atoms with E-state index in [9.17, 15) is 9.59 Å². The summed E-state index contributed by atoms with van der Waals surface area (Å²) in [7, 11) is 0. The van der Waals surface area contributed by atoms with Gasteiger partial charge >= 0.3 is 18.9 Å². The van der Waals surface area contributed by atoms with E-state index in [2.05, 4.69) is 0 Å². The average molecular weight is 495 g/mol. The van der Waals surface area contributed by atoms with E-state index in [1.165, 1.54) is 30.5 Å². The molecule has 1 aromatic carbocycles. The number of aromatic nitrogens is 1. The van der Waals surface area contributed by atoms with Crippen LogP contribution in [0.3, 0.4) is 0 Å². The molecule has 1 aromatic heterocycles. The van der Waals surface area contributed by atoms with Crippen LogP contribution in [0.25, 0.3) is 5.57 Å². The minimum absolute atomic E-state index is 0.0296. The fraction of sp³-hybridized carbons (Fsp3) is 0.227. The molecule has 11 heteroatoms. The Labute approximate surface area is 198 Å². The van der Waals surface area contributed by atoms with Crippen LogP contribution in [0.4, 0.5) is 8.63 Å². The number of fused-ring (bicyclic) bond motifs is 2. The normalized spacial score (nSPS) is 15.9. The summed E-state index contributed by atoms with van der Waals surface area (Å²) in [6.07, 6.45) is 4.25. The molecule has 0 spiro atoms. The fourth-order valence-corrected chi connectivity index (χ4v) is 4.75. The van der Waals surface area contributed by atoms with E-state index in [-0.39, 0.29) is 40.3 Å². The highest BCUT2D eigenvalue weighted by Gasteiger charge is 2.54. The number of carbonyl (C=O) groups is 2. The van der Waals surface area contributed by atoms with Gasteiger partial charge in [-0.05, 0) is 38.1 Å². The average Bonchev–Trinajstić information content (AvgIpc) is 3.40. The van der Waals surface area contributed by atoms with Crippen molar-refractivity contribution in [2.45, 2.75) is 19.8 Å². The molecular weight excluding hydrogens is 476 g/mol. The van der Waals surface area contributed by atoms with Crippen molar-refractivity contribution in [3.05, 3.63) is 75.2 Å². The Hall–Kier alpha value is -2.91. The van der Waals surface area contributed by atoms with Crippen LogP contribution >= 0.6 is 23.2 Å². The highest BCUT2D eigenvalue weighted by atomic mass is 35.5. The molecule has 0 bridgehead atoms. The molecule has 0 saturated carbocycles. The quantitative estimate of drug-likeness (QED) is 0.333. The van der Waals surface area contributed by atoms with Gasteiger partial charge in [-0.2, -0.15) is 0 Å². The summed E-state index contributed by atoms with van der Waals surface area (Å²) >= 11 is 12.9. The van der Waals surface area contributed by atoms with E-state index in [1.807, 2.05) is 0 Å². The van der Waals surface area contributed by atoms with Crippen molar-refractivity contribution in [1.29, 1.82) is 0 Å². The zero-order valence-electron chi connectivity index (χ0n) is 17.7. The number of halogens is 4. The van der Waals surface area contributed by atoms with Gasteiger partial charge in [0.1, 0.15) is 6.21 Å². The molecular formula is C22H19BCl2F2N2O4. The lowest BCUT2D eigenvalue weighted by Crippen LogP contribution is -2.51. The van der Waals surface area contributed by atoms with Crippen LogP contribution in [0.15, 0.2) is 48.2 Å². The second kappa shape index (κ2) is 8.80. The Morgan fingerprint density at radius 3 is 2.24 bits per heavy atom. The molecule has 0 saturated heterocycles. The predicted octanol–water partition coefficient (Wildman–Crippen LogP) is 4.65. The minimum Gasteiger partial charge on any atom is -0.465 e. The number of allylic oxidation sites excluding steroid dienone is 2. The summed E-state index contributed by atoms with van der Waals surface area (Å²) in [6.45, 7) is -1.41. The molecule has 0 radical (unpaired) electrons. The number of esters is 2. The smallest absolute Gasteiger partial charge is 0.465 e. The molecule has 2 aliphatic rings. The molecule has 0 fully saturated rings. The minimum atomic E-state index is -4.47. The summed E-state index contributed by atoms with van der Waals surface area (Å²) in [5, 5.41) is 0.536. The van der Waals surface area contributed by atoms with E-state index < -0.39 is 24.8 Å². The molecule has 0 N–H and O–H groups in total. The molecule has 0 unspecified atom stereocenters. The van der Waals surface area contributed by atoms with E-state index in [0.29, 0.717) is 15.6 Å². The van der Waals surface area contributed by atoms with Gasteiger partial charge in [0, 0.05) is 29.1 Å². The first-order chi connectivity index (χ1) is 15.7. The largest absolute Gasteiger partial charge is 0.737 e. The van der Waals surface area contributed by atoms with Crippen molar-refractivity contribution >= 4 is 53.9 Å². The van der Waals surface area contributed by atoms with Gasteiger partial charge in [0.15, 0.2) is 11.6 Å². The molecule has 6 nitrogen and oxygen atoms in total. The molecule has 2 aromatic rings. The van der Waals surface area contributed by atoms with Gasteiger partial charge in [0.2, 0.25) is 0 Å². The first kappa shape index (κ1) is 23.3. The lowest BCUT2D eigenvalue weighted by molar-refractivity contribution is -0.356. The molecule has 0 amide bonds. The summed E-state index contributed by atoms with van der Waals surface area (Å²) < 4.78 is 43.3. The van der Waals surface area contributed by atoms with Crippen molar-refractivity contribution in [1.82, 2.24) is 4.48 Å². The first-order valence-electron chi connectivity index (χ1n) is 10.3. The molecule has 0 aliphatic carbocycles. The van der Waals surface area contributed by atoms with E-state index in [4.69, 9.17) is 32.7 Å². The van der Waals surface area contributed by atoms with Crippen LogP contribution in [0.1, 0.15) is 36.7 Å². The number of hydrogen-bond donors (Lipinski definition) is 0. The van der Waals surface area contributed by atoms with Gasteiger partial charge in [0.25, 0.3) is 0 Å². The van der Waals surface area contributed by atoms with Gasteiger partial charge in [-0.15, -0.1) is 0 Å². The van der Waals surface area contributed by atoms with E-state index in [1.54, 1.807) is 32.0 Å². The van der Waals surface area contributed by atoms with Crippen LogP contribution in [0.5, 0.6) is 0 Å². The second-order valence-corrected chi connectivity index (χ2v) is 8.13. The van der Waals surface area contributed by atoms with Crippen LogP contribution in [-0.4, -0.2) is 47.3 Å². The number of nitrogens with zero attached hydrogens (tertiary/aromatic N) is 2. The number of carbonyl (C=O) groups excluding carboxylic acids is 2. The highest BCUT2D eigenvalue weighted by molar-refractivity contribution is 6.58. The van der Waals surface area contributed by atoms with Gasteiger partial charge in [0.05, 0.1) is 28.8 Å². The third-order valence-electron chi connectivity index (χ3n) is 5.44. The molecule has 0 atom stereocenters. The zero-order chi connectivity index (χ0) is 23.9. The first-order valence-corrected chi connectivity index (χ1v) is 11.0. The third-order valence-corrected chi connectivity index (χ3v) is 6.07. The van der Waals surface area contributed by atoms with E-state index in [0.717, 1.165) is 4.49 Å².